The lowest BCUT2D eigenvalue weighted by molar-refractivity contribution is 0.0388. The molecule has 2 N–H and O–H groups in total. The molecule has 0 spiro atoms. The first kappa shape index (κ1) is 22.2. The number of nitrogens with one attached hydrogen (secondary N) is 2. The molecule has 33 heavy (non-hydrogen) atoms. The predicted octanol–water partition coefficient (Wildman–Crippen LogP) is 4.04. The Morgan fingerprint density at radius 3 is 2.88 bits per heavy atom. The van der Waals surface area contributed by atoms with Gasteiger partial charge in [0.25, 0.3) is 5.91 Å². The van der Waals surface area contributed by atoms with E-state index in [1.54, 1.807) is 24.3 Å². The van der Waals surface area contributed by atoms with Crippen LogP contribution in [-0.4, -0.2) is 68.6 Å². The fourth-order valence-electron chi connectivity index (χ4n) is 5.56. The van der Waals surface area contributed by atoms with E-state index in [2.05, 4.69) is 32.2 Å². The number of aromatic nitrogens is 2. The van der Waals surface area contributed by atoms with E-state index in [1.165, 1.54) is 6.42 Å². The van der Waals surface area contributed by atoms with Crippen molar-refractivity contribution >= 4 is 29.4 Å². The number of carbonyl (C=O) groups excluding carboxylic acids is 2. The van der Waals surface area contributed by atoms with Gasteiger partial charge in [-0.2, -0.15) is 5.10 Å². The van der Waals surface area contributed by atoms with Crippen molar-refractivity contribution in [1.82, 2.24) is 24.9 Å². The summed E-state index contributed by atoms with van der Waals surface area (Å²) in [5.41, 5.74) is 1.63. The third-order valence-corrected chi connectivity index (χ3v) is 7.76. The summed E-state index contributed by atoms with van der Waals surface area (Å²) in [6, 6.07) is 7.56. The zero-order valence-electron chi connectivity index (χ0n) is 19.4. The van der Waals surface area contributed by atoms with Crippen LogP contribution in [0.5, 0.6) is 0 Å². The van der Waals surface area contributed by atoms with Crippen molar-refractivity contribution in [2.75, 3.05) is 25.0 Å². The van der Waals surface area contributed by atoms with Crippen molar-refractivity contribution in [3.8, 4) is 0 Å². The number of aromatic amines is 1. The SMILES string of the molecule is CC[C@H]1CN2CCC[C@H]2CN1C(=O)N1Cc2c(NC(=O)c3cccc(Cl)c3)n[nH]c2C1(C)C. The topological polar surface area (TPSA) is 84.6 Å². The van der Waals surface area contributed by atoms with Crippen LogP contribution < -0.4 is 5.32 Å². The van der Waals surface area contributed by atoms with Gasteiger partial charge in [-0.25, -0.2) is 4.79 Å². The van der Waals surface area contributed by atoms with Crippen LogP contribution in [0.15, 0.2) is 24.3 Å². The van der Waals surface area contributed by atoms with Crippen LogP contribution in [0.1, 0.15) is 61.6 Å². The van der Waals surface area contributed by atoms with Gasteiger partial charge >= 0.3 is 6.03 Å². The Morgan fingerprint density at radius 1 is 1.30 bits per heavy atom. The lowest BCUT2D eigenvalue weighted by Gasteiger charge is -2.46. The highest BCUT2D eigenvalue weighted by Crippen LogP contribution is 2.42. The van der Waals surface area contributed by atoms with Gasteiger partial charge in [0, 0.05) is 41.3 Å². The molecule has 8 nitrogen and oxygen atoms in total. The van der Waals surface area contributed by atoms with Crippen LogP contribution in [0.4, 0.5) is 10.6 Å². The number of rotatable bonds is 3. The molecule has 2 atom stereocenters. The van der Waals surface area contributed by atoms with E-state index >= 15 is 0 Å². The maximum atomic E-state index is 13.8. The average Bonchev–Trinajstić information content (AvgIpc) is 3.48. The van der Waals surface area contributed by atoms with Gasteiger partial charge in [-0.1, -0.05) is 24.6 Å². The number of benzene rings is 1. The number of hydrogen-bond acceptors (Lipinski definition) is 4. The third kappa shape index (κ3) is 3.79. The van der Waals surface area contributed by atoms with Crippen molar-refractivity contribution in [2.45, 2.75) is 64.2 Å². The van der Waals surface area contributed by atoms with Crippen molar-refractivity contribution in [1.29, 1.82) is 0 Å². The lowest BCUT2D eigenvalue weighted by atomic mass is 10.0. The maximum absolute atomic E-state index is 13.8. The summed E-state index contributed by atoms with van der Waals surface area (Å²) in [4.78, 5) is 33.1. The van der Waals surface area contributed by atoms with Gasteiger partial charge in [0.2, 0.25) is 0 Å². The molecule has 2 saturated heterocycles. The monoisotopic (exact) mass is 470 g/mol. The summed E-state index contributed by atoms with van der Waals surface area (Å²) in [5.74, 6) is 0.184. The van der Waals surface area contributed by atoms with Gasteiger partial charge in [-0.3, -0.25) is 14.8 Å². The van der Waals surface area contributed by atoms with E-state index in [1.807, 2.05) is 18.7 Å². The molecule has 9 heteroatoms. The average molecular weight is 471 g/mol. The largest absolute Gasteiger partial charge is 0.321 e. The summed E-state index contributed by atoms with van der Waals surface area (Å²) in [6.45, 7) is 9.51. The first-order chi connectivity index (χ1) is 15.8. The Labute approximate surface area is 199 Å². The second-order valence-electron chi connectivity index (χ2n) is 9.82. The number of nitrogens with zero attached hydrogens (tertiary/aromatic N) is 4. The highest BCUT2D eigenvalue weighted by atomic mass is 35.5. The van der Waals surface area contributed by atoms with Crippen LogP contribution in [0.3, 0.4) is 0 Å². The van der Waals surface area contributed by atoms with Crippen molar-refractivity contribution < 1.29 is 9.59 Å². The predicted molar refractivity (Wildman–Crippen MR) is 127 cm³/mol. The highest BCUT2D eigenvalue weighted by Gasteiger charge is 2.47. The minimum Gasteiger partial charge on any atom is -0.319 e. The Morgan fingerprint density at radius 2 is 2.12 bits per heavy atom. The van der Waals surface area contributed by atoms with Crippen molar-refractivity contribution in [3.63, 3.8) is 0 Å². The van der Waals surface area contributed by atoms with Crippen molar-refractivity contribution in [2.24, 2.45) is 0 Å². The zero-order chi connectivity index (χ0) is 23.3. The molecule has 0 aliphatic carbocycles. The van der Waals surface area contributed by atoms with Crippen LogP contribution in [-0.2, 0) is 12.1 Å². The van der Waals surface area contributed by atoms with Crippen LogP contribution in [0.2, 0.25) is 5.02 Å². The molecular weight excluding hydrogens is 440 g/mol. The second-order valence-corrected chi connectivity index (χ2v) is 10.3. The number of urea groups is 1. The molecule has 3 aliphatic rings. The number of carbonyl (C=O) groups is 2. The molecule has 3 aliphatic heterocycles. The van der Waals surface area contributed by atoms with E-state index in [0.29, 0.717) is 29.0 Å². The molecule has 176 valence electrons. The lowest BCUT2D eigenvalue weighted by Crippen LogP contribution is -2.61. The van der Waals surface area contributed by atoms with E-state index in [-0.39, 0.29) is 18.0 Å². The first-order valence-corrected chi connectivity index (χ1v) is 12.1. The van der Waals surface area contributed by atoms with E-state index in [0.717, 1.165) is 43.7 Å². The van der Waals surface area contributed by atoms with Crippen LogP contribution >= 0.6 is 11.6 Å². The standard InChI is InChI=1S/C24H31ClN6O2/c1-4-17-12-29-10-6-9-18(29)13-30(17)23(33)31-14-19-20(24(31,2)3)27-28-21(19)26-22(32)15-7-5-8-16(25)11-15/h5,7-8,11,17-18H,4,6,9-10,12-14H2,1-3H3,(H2,26,27,28,32)/t17-,18-/m0/s1. The fraction of sp³-hybridized carbons (Fsp3) is 0.542. The van der Waals surface area contributed by atoms with E-state index in [9.17, 15) is 9.59 Å². The summed E-state index contributed by atoms with van der Waals surface area (Å²) in [6.07, 6.45) is 3.31. The van der Waals surface area contributed by atoms with E-state index < -0.39 is 5.54 Å². The molecule has 2 fully saturated rings. The fourth-order valence-corrected chi connectivity index (χ4v) is 5.75. The van der Waals surface area contributed by atoms with Gasteiger partial charge in [0.1, 0.15) is 0 Å². The summed E-state index contributed by atoms with van der Waals surface area (Å²) in [7, 11) is 0. The molecule has 2 aromatic rings. The number of hydrogen-bond donors (Lipinski definition) is 2. The molecule has 0 bridgehead atoms. The summed E-state index contributed by atoms with van der Waals surface area (Å²) < 4.78 is 0. The number of piperazine rings is 1. The van der Waals surface area contributed by atoms with Gasteiger partial charge in [0.15, 0.2) is 5.82 Å². The normalized spacial score (nSPS) is 24.0. The smallest absolute Gasteiger partial charge is 0.319 e. The Bertz CT molecular complexity index is 1080. The van der Waals surface area contributed by atoms with Crippen molar-refractivity contribution in [3.05, 3.63) is 46.1 Å². The van der Waals surface area contributed by atoms with Gasteiger partial charge in [0.05, 0.1) is 17.8 Å². The minimum atomic E-state index is -0.552. The number of anilines is 1. The number of H-pyrrole nitrogens is 1. The molecular formula is C24H31ClN6O2. The molecule has 1 aromatic heterocycles. The van der Waals surface area contributed by atoms with E-state index in [4.69, 9.17) is 11.6 Å². The molecule has 3 amide bonds. The van der Waals surface area contributed by atoms with Gasteiger partial charge < -0.3 is 15.1 Å². The highest BCUT2D eigenvalue weighted by molar-refractivity contribution is 6.31. The molecule has 0 unspecified atom stereocenters. The Hall–Kier alpha value is -2.58. The summed E-state index contributed by atoms with van der Waals surface area (Å²) >= 11 is 6.03. The first-order valence-electron chi connectivity index (χ1n) is 11.8. The maximum Gasteiger partial charge on any atom is 0.321 e. The number of fused-ring (bicyclic) bond motifs is 2. The molecule has 0 radical (unpaired) electrons. The van der Waals surface area contributed by atoms with Gasteiger partial charge in [-0.05, 0) is 57.9 Å². The Balaban J connectivity index is 1.36. The minimum absolute atomic E-state index is 0.0649. The quantitative estimate of drug-likeness (QED) is 0.708. The molecule has 5 rings (SSSR count). The van der Waals surface area contributed by atoms with Gasteiger partial charge in [-0.15, -0.1) is 0 Å². The third-order valence-electron chi connectivity index (χ3n) is 7.53. The summed E-state index contributed by atoms with van der Waals surface area (Å²) in [5, 5.41) is 10.8. The molecule has 0 saturated carbocycles. The second kappa shape index (κ2) is 8.33. The Kier molecular flexibility index (Phi) is 5.61. The number of halogens is 1. The number of amides is 3. The molecule has 4 heterocycles. The van der Waals surface area contributed by atoms with Crippen LogP contribution in [0.25, 0.3) is 0 Å². The molecule has 1 aromatic carbocycles. The van der Waals surface area contributed by atoms with Crippen LogP contribution in [0, 0.1) is 0 Å². The zero-order valence-corrected chi connectivity index (χ0v) is 20.2.